The average molecular weight is 335 g/mol. The van der Waals surface area contributed by atoms with E-state index in [1.165, 1.54) is 23.0 Å². The molecular weight excluding hydrogens is 319 g/mol. The van der Waals surface area contributed by atoms with Crippen LogP contribution in [-0.4, -0.2) is 15.7 Å². The highest BCUT2D eigenvalue weighted by molar-refractivity contribution is 5.93. The molecule has 0 aliphatic heterocycles. The molecule has 1 aromatic carbocycles. The van der Waals surface area contributed by atoms with Crippen molar-refractivity contribution in [2.24, 2.45) is 5.92 Å². The number of nitrogens with one attached hydrogen (secondary N) is 1. The summed E-state index contributed by atoms with van der Waals surface area (Å²) in [7, 11) is 0. The van der Waals surface area contributed by atoms with Gasteiger partial charge in [-0.3, -0.25) is 4.79 Å². The highest BCUT2D eigenvalue weighted by Gasteiger charge is 2.35. The summed E-state index contributed by atoms with van der Waals surface area (Å²) >= 11 is 0. The van der Waals surface area contributed by atoms with Crippen molar-refractivity contribution in [2.45, 2.75) is 25.4 Å². The minimum absolute atomic E-state index is 0.224. The number of allylic oxidation sites excluding steroid dienone is 2. The second-order valence-corrected chi connectivity index (χ2v) is 5.65. The van der Waals surface area contributed by atoms with Crippen LogP contribution in [0.15, 0.2) is 48.8 Å². The zero-order valence-electron chi connectivity index (χ0n) is 12.8. The lowest BCUT2D eigenvalue weighted by atomic mass is 9.93. The van der Waals surface area contributed by atoms with Crippen molar-refractivity contribution in [1.29, 1.82) is 0 Å². The first-order chi connectivity index (χ1) is 11.4. The van der Waals surface area contributed by atoms with Gasteiger partial charge < -0.3 is 5.32 Å². The van der Waals surface area contributed by atoms with Crippen molar-refractivity contribution in [2.75, 3.05) is 5.32 Å². The molecule has 0 fully saturated rings. The van der Waals surface area contributed by atoms with Gasteiger partial charge in [-0.1, -0.05) is 12.2 Å². The Kier molecular flexibility index (Phi) is 4.42. The van der Waals surface area contributed by atoms with Crippen molar-refractivity contribution >= 4 is 11.6 Å². The van der Waals surface area contributed by atoms with E-state index in [9.17, 15) is 18.0 Å². The monoisotopic (exact) mass is 335 g/mol. The van der Waals surface area contributed by atoms with Crippen LogP contribution in [0.1, 0.15) is 24.8 Å². The number of carbonyl (C=O) groups excluding carboxylic acids is 1. The van der Waals surface area contributed by atoms with Gasteiger partial charge in [-0.2, -0.15) is 18.3 Å². The van der Waals surface area contributed by atoms with Crippen LogP contribution in [0.4, 0.5) is 18.9 Å². The van der Waals surface area contributed by atoms with E-state index in [2.05, 4.69) is 10.4 Å². The zero-order valence-corrected chi connectivity index (χ0v) is 12.8. The fourth-order valence-corrected chi connectivity index (χ4v) is 2.71. The van der Waals surface area contributed by atoms with Gasteiger partial charge in [0.25, 0.3) is 0 Å². The molecule has 24 heavy (non-hydrogen) atoms. The SMILES string of the molecule is O=C(Nc1ccc(-n2cccn2)cc1C(F)(F)F)C1CC=CCC1. The molecule has 0 saturated carbocycles. The first kappa shape index (κ1) is 16.3. The van der Waals surface area contributed by atoms with E-state index in [1.54, 1.807) is 12.3 Å². The van der Waals surface area contributed by atoms with Gasteiger partial charge in [0.05, 0.1) is 16.9 Å². The molecule has 1 amide bonds. The Morgan fingerprint density at radius 3 is 2.75 bits per heavy atom. The molecule has 1 aliphatic rings. The zero-order chi connectivity index (χ0) is 17.2. The molecule has 0 spiro atoms. The lowest BCUT2D eigenvalue weighted by molar-refractivity contribution is -0.137. The Balaban J connectivity index is 1.89. The number of benzene rings is 1. The van der Waals surface area contributed by atoms with Crippen LogP contribution in [0.3, 0.4) is 0 Å². The number of halogens is 3. The van der Waals surface area contributed by atoms with Crippen LogP contribution >= 0.6 is 0 Å². The molecule has 0 radical (unpaired) electrons. The molecule has 1 atom stereocenters. The number of amides is 1. The van der Waals surface area contributed by atoms with Crippen molar-refractivity contribution < 1.29 is 18.0 Å². The molecular formula is C17H16F3N3O. The summed E-state index contributed by atoms with van der Waals surface area (Å²) in [6.07, 6.45) is 4.30. The van der Waals surface area contributed by atoms with Gasteiger partial charge in [-0.05, 0) is 43.5 Å². The summed E-state index contributed by atoms with van der Waals surface area (Å²) in [5, 5.41) is 6.36. The van der Waals surface area contributed by atoms with E-state index in [-0.39, 0.29) is 23.2 Å². The third kappa shape index (κ3) is 3.50. The smallest absolute Gasteiger partial charge is 0.325 e. The molecule has 1 aliphatic carbocycles. The number of rotatable bonds is 3. The van der Waals surface area contributed by atoms with E-state index < -0.39 is 11.7 Å². The highest BCUT2D eigenvalue weighted by Crippen LogP contribution is 2.36. The van der Waals surface area contributed by atoms with Gasteiger partial charge in [-0.15, -0.1) is 0 Å². The quantitative estimate of drug-likeness (QED) is 0.855. The largest absolute Gasteiger partial charge is 0.418 e. The summed E-state index contributed by atoms with van der Waals surface area (Å²) in [4.78, 5) is 12.2. The van der Waals surface area contributed by atoms with Gasteiger partial charge in [0, 0.05) is 18.3 Å². The average Bonchev–Trinajstić information content (AvgIpc) is 3.09. The maximum Gasteiger partial charge on any atom is 0.418 e. The maximum atomic E-state index is 13.4. The lowest BCUT2D eigenvalue weighted by Crippen LogP contribution is -2.25. The minimum atomic E-state index is -4.57. The van der Waals surface area contributed by atoms with Gasteiger partial charge >= 0.3 is 6.18 Å². The summed E-state index contributed by atoms with van der Waals surface area (Å²) in [5.41, 5.74) is -0.820. The fraction of sp³-hybridized carbons (Fsp3) is 0.294. The first-order valence-corrected chi connectivity index (χ1v) is 7.62. The molecule has 1 unspecified atom stereocenters. The Labute approximate surface area is 137 Å². The van der Waals surface area contributed by atoms with Crippen LogP contribution < -0.4 is 5.32 Å². The third-order valence-corrected chi connectivity index (χ3v) is 3.98. The number of nitrogens with zero attached hydrogens (tertiary/aromatic N) is 2. The minimum Gasteiger partial charge on any atom is -0.325 e. The number of hydrogen-bond acceptors (Lipinski definition) is 2. The van der Waals surface area contributed by atoms with Gasteiger partial charge in [0.15, 0.2) is 0 Å². The number of alkyl halides is 3. The van der Waals surface area contributed by atoms with Crippen LogP contribution in [0.2, 0.25) is 0 Å². The maximum absolute atomic E-state index is 13.4. The Morgan fingerprint density at radius 2 is 2.12 bits per heavy atom. The van der Waals surface area contributed by atoms with Crippen molar-refractivity contribution in [3.8, 4) is 5.69 Å². The molecule has 126 valence electrons. The second-order valence-electron chi connectivity index (χ2n) is 5.65. The van der Waals surface area contributed by atoms with Gasteiger partial charge in [0.2, 0.25) is 5.91 Å². The topological polar surface area (TPSA) is 46.9 Å². The Hall–Kier alpha value is -2.57. The summed E-state index contributed by atoms with van der Waals surface area (Å²) < 4.78 is 41.5. The fourth-order valence-electron chi connectivity index (χ4n) is 2.71. The van der Waals surface area contributed by atoms with E-state index in [4.69, 9.17) is 0 Å². The molecule has 0 bridgehead atoms. The lowest BCUT2D eigenvalue weighted by Gasteiger charge is -2.20. The van der Waals surface area contributed by atoms with Crippen molar-refractivity contribution in [3.05, 3.63) is 54.4 Å². The molecule has 1 heterocycles. The summed E-state index contributed by atoms with van der Waals surface area (Å²) in [6, 6.07) is 5.39. The first-order valence-electron chi connectivity index (χ1n) is 7.62. The predicted octanol–water partition coefficient (Wildman–Crippen LogP) is 4.19. The Bertz CT molecular complexity index is 751. The number of aromatic nitrogens is 2. The highest BCUT2D eigenvalue weighted by atomic mass is 19.4. The molecule has 7 heteroatoms. The summed E-state index contributed by atoms with van der Waals surface area (Å²) in [6.45, 7) is 0. The molecule has 1 aromatic heterocycles. The number of anilines is 1. The summed E-state index contributed by atoms with van der Waals surface area (Å²) in [5.74, 6) is -0.668. The normalized spacial score (nSPS) is 17.7. The standard InChI is InChI=1S/C17H16F3N3O/c18-17(19,20)14-11-13(23-10-4-9-21-23)7-8-15(14)22-16(24)12-5-2-1-3-6-12/h1-2,4,7-12H,3,5-6H2,(H,22,24). The van der Waals surface area contributed by atoms with Crippen LogP contribution in [0.25, 0.3) is 5.69 Å². The van der Waals surface area contributed by atoms with E-state index in [1.807, 2.05) is 12.2 Å². The van der Waals surface area contributed by atoms with Crippen LogP contribution in [0.5, 0.6) is 0 Å². The molecule has 3 rings (SSSR count). The Morgan fingerprint density at radius 1 is 1.29 bits per heavy atom. The molecule has 2 aromatic rings. The molecule has 4 nitrogen and oxygen atoms in total. The van der Waals surface area contributed by atoms with Crippen molar-refractivity contribution in [1.82, 2.24) is 9.78 Å². The molecule has 0 saturated heterocycles. The predicted molar refractivity (Wildman–Crippen MR) is 83.7 cm³/mol. The van der Waals surface area contributed by atoms with E-state index >= 15 is 0 Å². The van der Waals surface area contributed by atoms with E-state index in [0.717, 1.165) is 12.5 Å². The number of carbonyl (C=O) groups is 1. The van der Waals surface area contributed by atoms with Gasteiger partial charge in [-0.25, -0.2) is 4.68 Å². The molecule has 1 N–H and O–H groups in total. The third-order valence-electron chi connectivity index (χ3n) is 3.98. The van der Waals surface area contributed by atoms with Crippen LogP contribution in [-0.2, 0) is 11.0 Å². The van der Waals surface area contributed by atoms with E-state index in [0.29, 0.717) is 12.8 Å². The van der Waals surface area contributed by atoms with Gasteiger partial charge in [0.1, 0.15) is 0 Å². The number of hydrogen-bond donors (Lipinski definition) is 1. The van der Waals surface area contributed by atoms with Crippen LogP contribution in [0, 0.1) is 5.92 Å². The van der Waals surface area contributed by atoms with Crippen molar-refractivity contribution in [3.63, 3.8) is 0 Å². The second kappa shape index (κ2) is 6.51.